The third kappa shape index (κ3) is 3.43. The van der Waals surface area contributed by atoms with Crippen molar-refractivity contribution < 1.29 is 13.2 Å². The highest BCUT2D eigenvalue weighted by atomic mass is 19.4. The van der Waals surface area contributed by atoms with Crippen LogP contribution in [0.4, 0.5) is 18.9 Å². The van der Waals surface area contributed by atoms with Crippen molar-refractivity contribution in [3.05, 3.63) is 24.3 Å². The lowest BCUT2D eigenvalue weighted by atomic mass is 10.1. The molecule has 19 heavy (non-hydrogen) atoms. The average Bonchev–Trinajstić information content (AvgIpc) is 2.76. The van der Waals surface area contributed by atoms with Gasteiger partial charge < -0.3 is 5.73 Å². The first kappa shape index (κ1) is 13.3. The molecule has 1 aromatic heterocycles. The number of alkyl halides is 3. The smallest absolute Gasteiger partial charge is 0.389 e. The van der Waals surface area contributed by atoms with Gasteiger partial charge in [0.05, 0.1) is 0 Å². The summed E-state index contributed by atoms with van der Waals surface area (Å²) in [6.45, 7) is 0.0934. The Morgan fingerprint density at radius 3 is 2.63 bits per heavy atom. The van der Waals surface area contributed by atoms with Crippen LogP contribution in [0.3, 0.4) is 0 Å². The summed E-state index contributed by atoms with van der Waals surface area (Å²) in [6.07, 6.45) is -5.11. The minimum atomic E-state index is -4.17. The van der Waals surface area contributed by atoms with Crippen molar-refractivity contribution in [2.75, 3.05) is 5.73 Å². The van der Waals surface area contributed by atoms with E-state index in [0.29, 0.717) is 17.1 Å². The van der Waals surface area contributed by atoms with E-state index in [1.807, 2.05) is 0 Å². The fourth-order valence-corrected chi connectivity index (χ4v) is 1.68. The molecule has 5 nitrogen and oxygen atoms in total. The Balaban J connectivity index is 2.13. The molecule has 0 spiro atoms. The number of aryl methyl sites for hydroxylation is 1. The summed E-state index contributed by atoms with van der Waals surface area (Å²) < 4.78 is 37.6. The summed E-state index contributed by atoms with van der Waals surface area (Å²) in [7, 11) is 0. The topological polar surface area (TPSA) is 69.6 Å². The first-order chi connectivity index (χ1) is 8.97. The molecule has 1 aromatic carbocycles. The third-order valence-electron chi connectivity index (χ3n) is 2.56. The van der Waals surface area contributed by atoms with E-state index in [1.165, 1.54) is 4.68 Å². The molecule has 0 aliphatic heterocycles. The van der Waals surface area contributed by atoms with Crippen LogP contribution in [-0.4, -0.2) is 26.4 Å². The van der Waals surface area contributed by atoms with Crippen LogP contribution in [0.5, 0.6) is 0 Å². The van der Waals surface area contributed by atoms with E-state index in [1.54, 1.807) is 24.3 Å². The largest absolute Gasteiger partial charge is 0.398 e. The molecule has 0 saturated heterocycles. The summed E-state index contributed by atoms with van der Waals surface area (Å²) in [6, 6.07) is 6.93. The normalized spacial score (nSPS) is 11.7. The predicted octanol–water partition coefficient (Wildman–Crippen LogP) is 2.26. The number of hydrogen-bond acceptors (Lipinski definition) is 4. The number of tetrazole rings is 1. The van der Waals surface area contributed by atoms with E-state index in [-0.39, 0.29) is 13.0 Å². The molecule has 0 unspecified atom stereocenters. The zero-order valence-corrected chi connectivity index (χ0v) is 9.93. The second kappa shape index (κ2) is 5.25. The SMILES string of the molecule is Nc1ccccc1-c1nnnn1CCCC(F)(F)F. The van der Waals surface area contributed by atoms with Gasteiger partial charge in [0.15, 0.2) is 5.82 Å². The van der Waals surface area contributed by atoms with E-state index in [2.05, 4.69) is 15.5 Å². The van der Waals surface area contributed by atoms with Crippen LogP contribution >= 0.6 is 0 Å². The highest BCUT2D eigenvalue weighted by Gasteiger charge is 2.26. The fourth-order valence-electron chi connectivity index (χ4n) is 1.68. The number of anilines is 1. The molecule has 102 valence electrons. The van der Waals surface area contributed by atoms with E-state index in [4.69, 9.17) is 5.73 Å². The number of hydrogen-bond donors (Lipinski definition) is 1. The third-order valence-corrected chi connectivity index (χ3v) is 2.56. The standard InChI is InChI=1S/C11H12F3N5/c12-11(13,14)6-3-7-19-10(16-17-18-19)8-4-1-2-5-9(8)15/h1-2,4-5H,3,6-7,15H2. The maximum atomic E-state index is 12.1. The van der Waals surface area contributed by atoms with Crippen LogP contribution in [-0.2, 0) is 6.54 Å². The van der Waals surface area contributed by atoms with Gasteiger partial charge in [-0.05, 0) is 29.0 Å². The predicted molar refractivity (Wildman–Crippen MR) is 63.0 cm³/mol. The van der Waals surface area contributed by atoms with Gasteiger partial charge in [-0.1, -0.05) is 12.1 Å². The highest BCUT2D eigenvalue weighted by Crippen LogP contribution is 2.24. The molecular formula is C11H12F3N5. The fraction of sp³-hybridized carbons (Fsp3) is 0.364. The summed E-state index contributed by atoms with van der Waals surface area (Å²) in [5.41, 5.74) is 6.88. The molecule has 0 amide bonds. The number of para-hydroxylation sites is 1. The Hall–Kier alpha value is -2.12. The number of nitrogens with zero attached hydrogens (tertiary/aromatic N) is 4. The van der Waals surface area contributed by atoms with Gasteiger partial charge in [-0.2, -0.15) is 13.2 Å². The molecule has 8 heteroatoms. The first-order valence-corrected chi connectivity index (χ1v) is 5.65. The van der Waals surface area contributed by atoms with Crippen LogP contribution in [0.1, 0.15) is 12.8 Å². The van der Waals surface area contributed by atoms with Gasteiger partial charge in [0, 0.05) is 24.2 Å². The Kier molecular flexibility index (Phi) is 3.68. The van der Waals surface area contributed by atoms with Gasteiger partial charge in [0.2, 0.25) is 0 Å². The number of nitrogens with two attached hydrogens (primary N) is 1. The number of halogens is 3. The number of aromatic nitrogens is 4. The van der Waals surface area contributed by atoms with Crippen molar-refractivity contribution in [3.63, 3.8) is 0 Å². The summed E-state index contributed by atoms with van der Waals surface area (Å²) in [4.78, 5) is 0. The van der Waals surface area contributed by atoms with Crippen molar-refractivity contribution >= 4 is 5.69 Å². The van der Waals surface area contributed by atoms with E-state index in [0.717, 1.165) is 0 Å². The van der Waals surface area contributed by atoms with Gasteiger partial charge in [0.25, 0.3) is 0 Å². The zero-order valence-electron chi connectivity index (χ0n) is 9.93. The minimum absolute atomic E-state index is 0.0751. The Bertz CT molecular complexity index is 549. The van der Waals surface area contributed by atoms with Crippen LogP contribution in [0.25, 0.3) is 11.4 Å². The van der Waals surface area contributed by atoms with Crippen molar-refractivity contribution in [1.29, 1.82) is 0 Å². The van der Waals surface area contributed by atoms with Gasteiger partial charge >= 0.3 is 6.18 Å². The first-order valence-electron chi connectivity index (χ1n) is 5.65. The quantitative estimate of drug-likeness (QED) is 0.866. The summed E-state index contributed by atoms with van der Waals surface area (Å²) in [5, 5.41) is 11.0. The summed E-state index contributed by atoms with van der Waals surface area (Å²) >= 11 is 0. The molecule has 0 aliphatic rings. The Morgan fingerprint density at radius 1 is 1.21 bits per heavy atom. The molecule has 0 saturated carbocycles. The lowest BCUT2D eigenvalue weighted by Gasteiger charge is -2.08. The number of nitrogen functional groups attached to an aromatic ring is 1. The molecule has 1 heterocycles. The minimum Gasteiger partial charge on any atom is -0.398 e. The van der Waals surface area contributed by atoms with Gasteiger partial charge in [-0.25, -0.2) is 4.68 Å². The van der Waals surface area contributed by atoms with Crippen LogP contribution in [0.15, 0.2) is 24.3 Å². The Morgan fingerprint density at radius 2 is 1.95 bits per heavy atom. The maximum absolute atomic E-state index is 12.1. The Labute approximate surface area is 107 Å². The van der Waals surface area contributed by atoms with E-state index in [9.17, 15) is 13.2 Å². The molecule has 0 atom stereocenters. The molecule has 0 bridgehead atoms. The van der Waals surface area contributed by atoms with Gasteiger partial charge in [0.1, 0.15) is 0 Å². The summed E-state index contributed by atoms with van der Waals surface area (Å²) in [5.74, 6) is 0.375. The monoisotopic (exact) mass is 271 g/mol. The lowest BCUT2D eigenvalue weighted by molar-refractivity contribution is -0.136. The van der Waals surface area contributed by atoms with Crippen LogP contribution in [0.2, 0.25) is 0 Å². The molecule has 0 radical (unpaired) electrons. The van der Waals surface area contributed by atoms with Crippen molar-refractivity contribution in [2.24, 2.45) is 0 Å². The molecule has 2 N–H and O–H groups in total. The van der Waals surface area contributed by atoms with Crippen LogP contribution in [0, 0.1) is 0 Å². The van der Waals surface area contributed by atoms with Crippen molar-refractivity contribution in [2.45, 2.75) is 25.6 Å². The molecule has 0 fully saturated rings. The van der Waals surface area contributed by atoms with E-state index >= 15 is 0 Å². The van der Waals surface area contributed by atoms with Gasteiger partial charge in [-0.3, -0.25) is 0 Å². The molecular weight excluding hydrogens is 259 g/mol. The highest BCUT2D eigenvalue weighted by molar-refractivity contribution is 5.70. The van der Waals surface area contributed by atoms with E-state index < -0.39 is 12.6 Å². The molecule has 0 aliphatic carbocycles. The number of rotatable bonds is 4. The molecule has 2 aromatic rings. The molecule has 2 rings (SSSR count). The van der Waals surface area contributed by atoms with Gasteiger partial charge in [-0.15, -0.1) is 5.10 Å². The zero-order chi connectivity index (χ0) is 13.9. The average molecular weight is 271 g/mol. The van der Waals surface area contributed by atoms with Crippen molar-refractivity contribution in [1.82, 2.24) is 20.2 Å². The van der Waals surface area contributed by atoms with Crippen LogP contribution < -0.4 is 5.73 Å². The second-order valence-electron chi connectivity index (χ2n) is 4.03. The lowest BCUT2D eigenvalue weighted by Crippen LogP contribution is -2.11. The maximum Gasteiger partial charge on any atom is 0.389 e. The number of benzene rings is 1. The second-order valence-corrected chi connectivity index (χ2v) is 4.03. The van der Waals surface area contributed by atoms with Crippen molar-refractivity contribution in [3.8, 4) is 11.4 Å².